The Kier molecular flexibility index (Phi) is 4.66. The van der Waals surface area contributed by atoms with E-state index in [1.807, 2.05) is 30.3 Å². The lowest BCUT2D eigenvalue weighted by Crippen LogP contribution is -2.18. The molecule has 1 unspecified atom stereocenters. The Labute approximate surface area is 142 Å². The summed E-state index contributed by atoms with van der Waals surface area (Å²) >= 11 is 1.15. The molecule has 0 radical (unpaired) electrons. The van der Waals surface area contributed by atoms with Crippen LogP contribution in [0, 0.1) is 0 Å². The van der Waals surface area contributed by atoms with Gasteiger partial charge in [-0.1, -0.05) is 30.0 Å². The van der Waals surface area contributed by atoms with Crippen LogP contribution in [-0.4, -0.2) is 37.6 Å². The van der Waals surface area contributed by atoms with Gasteiger partial charge in [-0.15, -0.1) is 0 Å². The summed E-state index contributed by atoms with van der Waals surface area (Å²) in [5, 5.41) is 4.52. The highest BCUT2D eigenvalue weighted by molar-refractivity contribution is 8.00. The highest BCUT2D eigenvalue weighted by Crippen LogP contribution is 2.22. The molecule has 124 valence electrons. The molecule has 1 atom stereocenters. The molecule has 0 aliphatic heterocycles. The van der Waals surface area contributed by atoms with Crippen LogP contribution in [0.25, 0.3) is 16.7 Å². The first-order valence-corrected chi connectivity index (χ1v) is 8.35. The third-order valence-corrected chi connectivity index (χ3v) is 4.29. The van der Waals surface area contributed by atoms with Gasteiger partial charge in [-0.25, -0.2) is 9.67 Å². The van der Waals surface area contributed by atoms with Gasteiger partial charge in [0.2, 0.25) is 0 Å². The second-order valence-corrected chi connectivity index (χ2v) is 6.34. The van der Waals surface area contributed by atoms with E-state index in [0.717, 1.165) is 17.4 Å². The molecule has 0 aliphatic rings. The summed E-state index contributed by atoms with van der Waals surface area (Å²) in [5.41, 5.74) is 0.962. The summed E-state index contributed by atoms with van der Waals surface area (Å²) in [6.45, 7) is 3.77. The van der Waals surface area contributed by atoms with Crippen molar-refractivity contribution in [1.29, 1.82) is 0 Å². The minimum atomic E-state index is -0.473. The highest BCUT2D eigenvalue weighted by Gasteiger charge is 2.18. The number of para-hydroxylation sites is 1. The molecule has 3 rings (SSSR count). The largest absolute Gasteiger partial charge is 0.465 e. The van der Waals surface area contributed by atoms with E-state index in [1.165, 1.54) is 6.20 Å². The molecule has 2 heterocycles. The van der Waals surface area contributed by atoms with Crippen LogP contribution in [0.1, 0.15) is 13.8 Å². The normalized spacial score (nSPS) is 12.2. The van der Waals surface area contributed by atoms with Gasteiger partial charge in [-0.05, 0) is 26.0 Å². The molecule has 1 N–H and O–H groups in total. The van der Waals surface area contributed by atoms with E-state index >= 15 is 0 Å². The van der Waals surface area contributed by atoms with Crippen LogP contribution in [0.4, 0.5) is 0 Å². The lowest BCUT2D eigenvalue weighted by molar-refractivity contribution is -0.142. The Hall–Kier alpha value is -2.61. The van der Waals surface area contributed by atoms with Crippen LogP contribution in [0.5, 0.6) is 0 Å². The van der Waals surface area contributed by atoms with Gasteiger partial charge in [-0.2, -0.15) is 5.10 Å². The molecular formula is C16H16N4O3S. The van der Waals surface area contributed by atoms with Crippen LogP contribution >= 0.6 is 11.8 Å². The fourth-order valence-corrected chi connectivity index (χ4v) is 2.98. The number of H-pyrrole nitrogens is 1. The van der Waals surface area contributed by atoms with Gasteiger partial charge >= 0.3 is 5.97 Å². The van der Waals surface area contributed by atoms with Gasteiger partial charge in [0, 0.05) is 0 Å². The first-order chi connectivity index (χ1) is 11.6. The van der Waals surface area contributed by atoms with Crippen LogP contribution in [0.2, 0.25) is 0 Å². The van der Waals surface area contributed by atoms with E-state index in [9.17, 15) is 9.59 Å². The average Bonchev–Trinajstić information content (AvgIpc) is 3.00. The highest BCUT2D eigenvalue weighted by atomic mass is 32.2. The van der Waals surface area contributed by atoms with Crippen molar-refractivity contribution in [3.05, 3.63) is 46.9 Å². The standard InChI is InChI=1S/C16H16N4O3S/c1-3-23-15(22)10(2)24-16-18-13-12(14(21)19-16)9-17-20(13)11-7-5-4-6-8-11/h4-10H,3H2,1-2H3,(H,18,19,21). The number of carbonyl (C=O) groups excluding carboxylic acids is 1. The van der Waals surface area contributed by atoms with Crippen molar-refractivity contribution >= 4 is 28.8 Å². The van der Waals surface area contributed by atoms with E-state index in [2.05, 4.69) is 15.1 Å². The Morgan fingerprint density at radius 1 is 1.38 bits per heavy atom. The van der Waals surface area contributed by atoms with Crippen LogP contribution < -0.4 is 5.56 Å². The Morgan fingerprint density at radius 2 is 2.12 bits per heavy atom. The lowest BCUT2D eigenvalue weighted by Gasteiger charge is -2.09. The third-order valence-electron chi connectivity index (χ3n) is 3.32. The SMILES string of the molecule is CCOC(=O)C(C)Sc1nc2c(cnn2-c2ccccc2)c(=O)[nH]1. The van der Waals surface area contributed by atoms with Crippen molar-refractivity contribution in [3.63, 3.8) is 0 Å². The average molecular weight is 344 g/mol. The molecule has 2 aromatic heterocycles. The van der Waals surface area contributed by atoms with Gasteiger partial charge in [-0.3, -0.25) is 9.59 Å². The number of carbonyl (C=O) groups is 1. The van der Waals surface area contributed by atoms with Crippen molar-refractivity contribution in [2.45, 2.75) is 24.3 Å². The molecule has 1 aromatic carbocycles. The zero-order valence-electron chi connectivity index (χ0n) is 13.2. The van der Waals surface area contributed by atoms with Crippen LogP contribution in [0.15, 0.2) is 46.5 Å². The van der Waals surface area contributed by atoms with Gasteiger partial charge in [0.05, 0.1) is 18.5 Å². The predicted molar refractivity (Wildman–Crippen MR) is 91.4 cm³/mol. The number of aromatic amines is 1. The number of nitrogens with zero attached hydrogens (tertiary/aromatic N) is 3. The van der Waals surface area contributed by atoms with E-state index in [-0.39, 0.29) is 11.5 Å². The molecule has 0 spiro atoms. The smallest absolute Gasteiger partial charge is 0.319 e. The number of hydrogen-bond donors (Lipinski definition) is 1. The fraction of sp³-hybridized carbons (Fsp3) is 0.250. The maximum absolute atomic E-state index is 12.2. The van der Waals surface area contributed by atoms with Crippen LogP contribution in [-0.2, 0) is 9.53 Å². The first-order valence-electron chi connectivity index (χ1n) is 7.47. The minimum Gasteiger partial charge on any atom is -0.465 e. The second kappa shape index (κ2) is 6.88. The zero-order valence-corrected chi connectivity index (χ0v) is 14.0. The summed E-state index contributed by atoms with van der Waals surface area (Å²) in [5.74, 6) is -0.346. The number of rotatable bonds is 5. The number of esters is 1. The van der Waals surface area contributed by atoms with Gasteiger partial charge in [0.1, 0.15) is 10.6 Å². The lowest BCUT2D eigenvalue weighted by atomic mass is 10.3. The quantitative estimate of drug-likeness (QED) is 0.433. The molecule has 0 saturated carbocycles. The number of fused-ring (bicyclic) bond motifs is 1. The Morgan fingerprint density at radius 3 is 2.83 bits per heavy atom. The Bertz CT molecular complexity index is 920. The van der Waals surface area contributed by atoms with Gasteiger partial charge in [0.25, 0.3) is 5.56 Å². The number of hydrogen-bond acceptors (Lipinski definition) is 6. The van der Waals surface area contributed by atoms with Crippen molar-refractivity contribution < 1.29 is 9.53 Å². The first kappa shape index (κ1) is 16.3. The van der Waals surface area contributed by atoms with Crippen molar-refractivity contribution in [1.82, 2.24) is 19.7 Å². The number of aromatic nitrogens is 4. The molecule has 0 aliphatic carbocycles. The number of nitrogens with one attached hydrogen (secondary N) is 1. The number of thioether (sulfide) groups is 1. The molecule has 0 bridgehead atoms. The maximum atomic E-state index is 12.2. The van der Waals surface area contributed by atoms with E-state index in [1.54, 1.807) is 18.5 Å². The summed E-state index contributed by atoms with van der Waals surface area (Å²) in [4.78, 5) is 31.1. The van der Waals surface area contributed by atoms with Gasteiger partial charge in [0.15, 0.2) is 10.8 Å². The molecule has 24 heavy (non-hydrogen) atoms. The van der Waals surface area contributed by atoms with E-state index in [0.29, 0.717) is 22.8 Å². The number of benzene rings is 1. The summed E-state index contributed by atoms with van der Waals surface area (Å²) in [6.07, 6.45) is 1.48. The molecule has 0 saturated heterocycles. The number of ether oxygens (including phenoxy) is 1. The molecule has 8 heteroatoms. The van der Waals surface area contributed by atoms with E-state index in [4.69, 9.17) is 4.74 Å². The monoisotopic (exact) mass is 344 g/mol. The predicted octanol–water partition coefficient (Wildman–Crippen LogP) is 2.15. The molecular weight excluding hydrogens is 328 g/mol. The summed E-state index contributed by atoms with van der Waals surface area (Å²) < 4.78 is 6.58. The minimum absolute atomic E-state index is 0.291. The fourth-order valence-electron chi connectivity index (χ4n) is 2.19. The van der Waals surface area contributed by atoms with Crippen LogP contribution in [0.3, 0.4) is 0 Å². The Balaban J connectivity index is 2.00. The second-order valence-electron chi connectivity index (χ2n) is 5.01. The molecule has 0 amide bonds. The molecule has 0 fully saturated rings. The summed E-state index contributed by atoms with van der Waals surface area (Å²) in [7, 11) is 0. The van der Waals surface area contributed by atoms with Crippen molar-refractivity contribution in [2.75, 3.05) is 6.61 Å². The van der Waals surface area contributed by atoms with Crippen molar-refractivity contribution in [2.24, 2.45) is 0 Å². The third kappa shape index (κ3) is 3.18. The zero-order chi connectivity index (χ0) is 17.1. The molecule has 7 nitrogen and oxygen atoms in total. The van der Waals surface area contributed by atoms with E-state index < -0.39 is 5.25 Å². The maximum Gasteiger partial charge on any atom is 0.319 e. The summed E-state index contributed by atoms with van der Waals surface area (Å²) in [6, 6.07) is 9.42. The van der Waals surface area contributed by atoms with Gasteiger partial charge < -0.3 is 9.72 Å². The topological polar surface area (TPSA) is 89.9 Å². The van der Waals surface area contributed by atoms with Crippen molar-refractivity contribution in [3.8, 4) is 5.69 Å². The molecule has 3 aromatic rings.